The maximum absolute atomic E-state index is 13.0. The van der Waals surface area contributed by atoms with Gasteiger partial charge in [-0.25, -0.2) is 0 Å². The number of halogens is 2. The average Bonchev–Trinajstić information content (AvgIpc) is 2.66. The van der Waals surface area contributed by atoms with Gasteiger partial charge in [-0.15, -0.1) is 0 Å². The largest absolute Gasteiger partial charge is 0.496 e. The van der Waals surface area contributed by atoms with Gasteiger partial charge in [-0.05, 0) is 30.3 Å². The molecule has 0 spiro atoms. The Morgan fingerprint density at radius 3 is 1.96 bits per heavy atom. The van der Waals surface area contributed by atoms with Crippen molar-refractivity contribution in [2.75, 3.05) is 45.3 Å². The number of nitrogens with zero attached hydrogens (tertiary/aromatic N) is 2. The normalized spacial score (nSPS) is 14.3. The zero-order valence-electron chi connectivity index (χ0n) is 14.7. The van der Waals surface area contributed by atoms with E-state index in [0.717, 1.165) is 5.69 Å². The van der Waals surface area contributed by atoms with Crippen LogP contribution < -0.4 is 14.4 Å². The third-order valence-corrected chi connectivity index (χ3v) is 4.86. The predicted octanol–water partition coefficient (Wildman–Crippen LogP) is 3.97. The summed E-state index contributed by atoms with van der Waals surface area (Å²) in [5.74, 6) is 0.930. The minimum atomic E-state index is -0.0944. The second kappa shape index (κ2) is 8.06. The van der Waals surface area contributed by atoms with Crippen LogP contribution in [0.2, 0.25) is 10.0 Å². The van der Waals surface area contributed by atoms with Gasteiger partial charge in [0.2, 0.25) is 0 Å². The van der Waals surface area contributed by atoms with Gasteiger partial charge in [-0.3, -0.25) is 4.79 Å². The topological polar surface area (TPSA) is 42.0 Å². The fourth-order valence-corrected chi connectivity index (χ4v) is 3.62. The number of ether oxygens (including phenoxy) is 2. The minimum Gasteiger partial charge on any atom is -0.496 e. The predicted molar refractivity (Wildman–Crippen MR) is 104 cm³/mol. The molecule has 2 aromatic carbocycles. The van der Waals surface area contributed by atoms with Gasteiger partial charge in [0.05, 0.1) is 14.2 Å². The van der Waals surface area contributed by atoms with Gasteiger partial charge in [-0.1, -0.05) is 29.3 Å². The molecule has 0 bridgehead atoms. The summed E-state index contributed by atoms with van der Waals surface area (Å²) in [6.45, 7) is 2.56. The van der Waals surface area contributed by atoms with Crippen LogP contribution in [0.5, 0.6) is 11.5 Å². The number of amides is 1. The van der Waals surface area contributed by atoms with Gasteiger partial charge in [-0.2, -0.15) is 0 Å². The van der Waals surface area contributed by atoms with Crippen molar-refractivity contribution in [2.24, 2.45) is 0 Å². The lowest BCUT2D eigenvalue weighted by molar-refractivity contribution is 0.0740. The fraction of sp³-hybridized carbons (Fsp3) is 0.316. The minimum absolute atomic E-state index is 0.0944. The Balaban J connectivity index is 1.75. The van der Waals surface area contributed by atoms with Crippen LogP contribution in [-0.4, -0.2) is 51.2 Å². The Labute approximate surface area is 163 Å². The molecular weight excluding hydrogens is 375 g/mol. The van der Waals surface area contributed by atoms with E-state index in [4.69, 9.17) is 32.7 Å². The number of anilines is 1. The van der Waals surface area contributed by atoms with Crippen LogP contribution in [0.1, 0.15) is 10.4 Å². The van der Waals surface area contributed by atoms with Crippen molar-refractivity contribution in [3.8, 4) is 11.5 Å². The van der Waals surface area contributed by atoms with Crippen LogP contribution in [0.25, 0.3) is 0 Å². The van der Waals surface area contributed by atoms with Crippen molar-refractivity contribution in [2.45, 2.75) is 0 Å². The van der Waals surface area contributed by atoms with E-state index in [-0.39, 0.29) is 5.91 Å². The van der Waals surface area contributed by atoms with Gasteiger partial charge in [0.25, 0.3) is 5.91 Å². The number of carbonyl (C=O) groups excluding carboxylic acids is 1. The third-order valence-electron chi connectivity index (χ3n) is 4.42. The molecule has 0 atom stereocenters. The van der Waals surface area contributed by atoms with Crippen molar-refractivity contribution in [1.82, 2.24) is 4.90 Å². The molecule has 1 fully saturated rings. The van der Waals surface area contributed by atoms with Gasteiger partial charge in [0, 0.05) is 41.9 Å². The zero-order chi connectivity index (χ0) is 18.7. The lowest BCUT2D eigenvalue weighted by atomic mass is 10.1. The van der Waals surface area contributed by atoms with Crippen LogP contribution >= 0.6 is 23.2 Å². The zero-order valence-corrected chi connectivity index (χ0v) is 16.2. The second-order valence-electron chi connectivity index (χ2n) is 5.94. The Kier molecular flexibility index (Phi) is 5.79. The smallest absolute Gasteiger partial charge is 0.261 e. The molecule has 0 N–H and O–H groups in total. The summed E-state index contributed by atoms with van der Waals surface area (Å²) in [5.41, 5.74) is 1.42. The Bertz CT molecular complexity index is 763. The number of carbonyl (C=O) groups is 1. The molecule has 3 rings (SSSR count). The van der Waals surface area contributed by atoms with Gasteiger partial charge >= 0.3 is 0 Å². The molecule has 0 unspecified atom stereocenters. The first-order valence-corrected chi connectivity index (χ1v) is 9.00. The van der Waals surface area contributed by atoms with Gasteiger partial charge < -0.3 is 19.3 Å². The van der Waals surface area contributed by atoms with Gasteiger partial charge in [0.1, 0.15) is 17.1 Å². The fourth-order valence-electron chi connectivity index (χ4n) is 3.11. The molecule has 0 radical (unpaired) electrons. The highest BCUT2D eigenvalue weighted by molar-refractivity contribution is 6.35. The van der Waals surface area contributed by atoms with E-state index in [0.29, 0.717) is 53.3 Å². The molecule has 5 nitrogen and oxygen atoms in total. The molecule has 2 aromatic rings. The van der Waals surface area contributed by atoms with Crippen molar-refractivity contribution in [3.63, 3.8) is 0 Å². The average molecular weight is 395 g/mol. The Morgan fingerprint density at radius 2 is 1.46 bits per heavy atom. The monoisotopic (exact) mass is 394 g/mol. The highest BCUT2D eigenvalue weighted by Crippen LogP contribution is 2.31. The maximum Gasteiger partial charge on any atom is 0.261 e. The summed E-state index contributed by atoms with van der Waals surface area (Å²) in [4.78, 5) is 17.0. The first kappa shape index (κ1) is 18.7. The number of hydrogen-bond donors (Lipinski definition) is 0. The molecule has 26 heavy (non-hydrogen) atoms. The molecule has 0 saturated carbocycles. The highest BCUT2D eigenvalue weighted by Gasteiger charge is 2.27. The van der Waals surface area contributed by atoms with Crippen LogP contribution in [0, 0.1) is 0 Å². The van der Waals surface area contributed by atoms with E-state index in [2.05, 4.69) is 4.90 Å². The maximum atomic E-state index is 13.0. The van der Waals surface area contributed by atoms with E-state index in [1.165, 1.54) is 0 Å². The standard InChI is InChI=1S/C19H20Cl2N2O3/c1-25-16-4-3-5-17(26-2)18(16)19(24)23-8-6-22(7-9-23)15-11-13(20)10-14(21)12-15/h3-5,10-12H,6-9H2,1-2H3. The summed E-state index contributed by atoms with van der Waals surface area (Å²) in [7, 11) is 3.10. The van der Waals surface area contributed by atoms with Crippen LogP contribution in [0.3, 0.4) is 0 Å². The quantitative estimate of drug-likeness (QED) is 0.786. The number of rotatable bonds is 4. The lowest BCUT2D eigenvalue weighted by Crippen LogP contribution is -2.49. The molecule has 1 aliphatic rings. The summed E-state index contributed by atoms with van der Waals surface area (Å²) < 4.78 is 10.7. The Hall–Kier alpha value is -2.11. The number of methoxy groups -OCH3 is 2. The second-order valence-corrected chi connectivity index (χ2v) is 6.82. The molecule has 1 saturated heterocycles. The molecule has 7 heteroatoms. The lowest BCUT2D eigenvalue weighted by Gasteiger charge is -2.36. The van der Waals surface area contributed by atoms with Crippen molar-refractivity contribution in [1.29, 1.82) is 0 Å². The molecule has 0 aliphatic carbocycles. The molecular formula is C19H20Cl2N2O3. The highest BCUT2D eigenvalue weighted by atomic mass is 35.5. The first-order chi connectivity index (χ1) is 12.5. The van der Waals surface area contributed by atoms with Crippen molar-refractivity contribution >= 4 is 34.8 Å². The summed E-state index contributed by atoms with van der Waals surface area (Å²) in [5, 5.41) is 1.20. The van der Waals surface area contributed by atoms with Crippen molar-refractivity contribution in [3.05, 3.63) is 52.0 Å². The first-order valence-electron chi connectivity index (χ1n) is 8.25. The van der Waals surface area contributed by atoms with Crippen LogP contribution in [0.15, 0.2) is 36.4 Å². The molecule has 1 amide bonds. The Morgan fingerprint density at radius 1 is 0.923 bits per heavy atom. The van der Waals surface area contributed by atoms with E-state index in [9.17, 15) is 4.79 Å². The summed E-state index contributed by atoms with van der Waals surface area (Å²) in [6, 6.07) is 10.8. The van der Waals surface area contributed by atoms with Crippen LogP contribution in [0.4, 0.5) is 5.69 Å². The summed E-state index contributed by atoms with van der Waals surface area (Å²) in [6.07, 6.45) is 0. The van der Waals surface area contributed by atoms with Crippen molar-refractivity contribution < 1.29 is 14.3 Å². The van der Waals surface area contributed by atoms with Crippen LogP contribution in [-0.2, 0) is 0 Å². The molecule has 1 aliphatic heterocycles. The molecule has 0 aromatic heterocycles. The van der Waals surface area contributed by atoms with E-state index in [1.54, 1.807) is 38.5 Å². The third kappa shape index (κ3) is 3.84. The number of benzene rings is 2. The SMILES string of the molecule is COc1cccc(OC)c1C(=O)N1CCN(c2cc(Cl)cc(Cl)c2)CC1. The number of piperazine rings is 1. The van der Waals surface area contributed by atoms with E-state index in [1.807, 2.05) is 17.0 Å². The van der Waals surface area contributed by atoms with E-state index >= 15 is 0 Å². The van der Waals surface area contributed by atoms with E-state index < -0.39 is 0 Å². The number of hydrogen-bond acceptors (Lipinski definition) is 4. The molecule has 1 heterocycles. The van der Waals surface area contributed by atoms with Gasteiger partial charge in [0.15, 0.2) is 0 Å². The molecule has 138 valence electrons. The summed E-state index contributed by atoms with van der Waals surface area (Å²) >= 11 is 12.2.